The first-order valence-electron chi connectivity index (χ1n) is 8.63. The zero-order valence-corrected chi connectivity index (χ0v) is 15.1. The fraction of sp³-hybridized carbons (Fsp3) is 0.778. The van der Waals surface area contributed by atoms with Crippen molar-refractivity contribution in [2.75, 3.05) is 13.1 Å². The molecule has 1 aliphatic carbocycles. The van der Waals surface area contributed by atoms with E-state index in [-0.39, 0.29) is 0 Å². The molecule has 0 amide bonds. The van der Waals surface area contributed by atoms with E-state index in [0.29, 0.717) is 0 Å². The maximum absolute atomic E-state index is 3.44. The zero-order valence-electron chi connectivity index (χ0n) is 14.2. The molecule has 0 radical (unpaired) electrons. The Morgan fingerprint density at radius 2 is 2.05 bits per heavy atom. The van der Waals surface area contributed by atoms with Crippen LogP contribution >= 0.6 is 11.3 Å². The highest BCUT2D eigenvalue weighted by molar-refractivity contribution is 7.12. The lowest BCUT2D eigenvalue weighted by atomic mass is 10.1. The summed E-state index contributed by atoms with van der Waals surface area (Å²) in [4.78, 5) is 5.75. The van der Waals surface area contributed by atoms with Crippen LogP contribution in [0.3, 0.4) is 0 Å². The van der Waals surface area contributed by atoms with Crippen LogP contribution < -0.4 is 5.32 Å². The van der Waals surface area contributed by atoms with Gasteiger partial charge in [0, 0.05) is 35.4 Å². The molecule has 21 heavy (non-hydrogen) atoms. The highest BCUT2D eigenvalue weighted by atomic mass is 32.1. The maximum atomic E-state index is 3.44. The van der Waals surface area contributed by atoms with Crippen LogP contribution in [0, 0.1) is 12.8 Å². The summed E-state index contributed by atoms with van der Waals surface area (Å²) in [7, 11) is 0. The number of hydrogen-bond acceptors (Lipinski definition) is 3. The first-order valence-corrected chi connectivity index (χ1v) is 9.44. The smallest absolute Gasteiger partial charge is 0.0299 e. The van der Waals surface area contributed by atoms with Crippen molar-refractivity contribution in [3.8, 4) is 0 Å². The minimum absolute atomic E-state index is 0.755. The molecular formula is C18H32N2S. The van der Waals surface area contributed by atoms with Gasteiger partial charge >= 0.3 is 0 Å². The third-order valence-corrected chi connectivity index (χ3v) is 5.53. The van der Waals surface area contributed by atoms with Gasteiger partial charge in [-0.1, -0.05) is 33.6 Å². The number of aryl methyl sites for hydroxylation is 1. The van der Waals surface area contributed by atoms with Gasteiger partial charge < -0.3 is 5.32 Å². The number of rotatable bonds is 8. The van der Waals surface area contributed by atoms with Crippen LogP contribution in [0.5, 0.6) is 0 Å². The fourth-order valence-electron chi connectivity index (χ4n) is 3.38. The lowest BCUT2D eigenvalue weighted by Crippen LogP contribution is -2.35. The van der Waals surface area contributed by atoms with Gasteiger partial charge in [-0.15, -0.1) is 11.3 Å². The van der Waals surface area contributed by atoms with Crippen molar-refractivity contribution in [3.05, 3.63) is 21.4 Å². The van der Waals surface area contributed by atoms with E-state index in [1.165, 1.54) is 42.0 Å². The molecule has 1 aliphatic rings. The van der Waals surface area contributed by atoms with Crippen molar-refractivity contribution in [2.24, 2.45) is 5.92 Å². The van der Waals surface area contributed by atoms with Gasteiger partial charge in [-0.3, -0.25) is 4.90 Å². The van der Waals surface area contributed by atoms with Crippen molar-refractivity contribution < 1.29 is 0 Å². The Morgan fingerprint density at radius 3 is 2.67 bits per heavy atom. The number of hydrogen-bond donors (Lipinski definition) is 1. The van der Waals surface area contributed by atoms with Gasteiger partial charge in [0.2, 0.25) is 0 Å². The summed E-state index contributed by atoms with van der Waals surface area (Å²) in [5, 5.41) is 3.44. The summed E-state index contributed by atoms with van der Waals surface area (Å²) in [5.41, 5.74) is 1.56. The van der Waals surface area contributed by atoms with E-state index in [4.69, 9.17) is 0 Å². The normalized spacial score (nSPS) is 16.5. The van der Waals surface area contributed by atoms with Gasteiger partial charge in [0.25, 0.3) is 0 Å². The molecular weight excluding hydrogens is 276 g/mol. The molecule has 1 aromatic heterocycles. The third-order valence-electron chi connectivity index (χ3n) is 4.44. The lowest BCUT2D eigenvalue weighted by molar-refractivity contribution is 0.168. The summed E-state index contributed by atoms with van der Waals surface area (Å²) in [6, 6.07) is 3.26. The average Bonchev–Trinajstić information content (AvgIpc) is 3.06. The van der Waals surface area contributed by atoms with Gasteiger partial charge in [0.1, 0.15) is 0 Å². The molecule has 2 nitrogen and oxygen atoms in total. The van der Waals surface area contributed by atoms with Crippen LogP contribution in [0.4, 0.5) is 0 Å². The number of nitrogens with zero attached hydrogens (tertiary/aromatic N) is 1. The second-order valence-corrected chi connectivity index (χ2v) is 8.18. The summed E-state index contributed by atoms with van der Waals surface area (Å²) >= 11 is 1.97. The van der Waals surface area contributed by atoms with Crippen molar-refractivity contribution in [1.29, 1.82) is 0 Å². The van der Waals surface area contributed by atoms with Gasteiger partial charge in [0.15, 0.2) is 0 Å². The summed E-state index contributed by atoms with van der Waals surface area (Å²) in [6.07, 6.45) is 5.65. The molecule has 0 unspecified atom stereocenters. The van der Waals surface area contributed by atoms with Crippen molar-refractivity contribution in [3.63, 3.8) is 0 Å². The van der Waals surface area contributed by atoms with Crippen molar-refractivity contribution in [1.82, 2.24) is 10.2 Å². The highest BCUT2D eigenvalue weighted by Crippen LogP contribution is 2.28. The third kappa shape index (κ3) is 5.08. The molecule has 0 saturated heterocycles. The molecule has 3 heteroatoms. The molecule has 1 aromatic rings. The van der Waals surface area contributed by atoms with Crippen molar-refractivity contribution in [2.45, 2.75) is 72.5 Å². The molecule has 1 saturated carbocycles. The van der Waals surface area contributed by atoms with Gasteiger partial charge in [-0.05, 0) is 43.9 Å². The molecule has 1 N–H and O–H groups in total. The number of nitrogens with one attached hydrogen (secondary N) is 1. The monoisotopic (exact) mass is 308 g/mol. The van der Waals surface area contributed by atoms with Gasteiger partial charge in [-0.2, -0.15) is 0 Å². The van der Waals surface area contributed by atoms with Crippen LogP contribution in [0.15, 0.2) is 6.07 Å². The van der Waals surface area contributed by atoms with Crippen LogP contribution in [0.2, 0.25) is 0 Å². The van der Waals surface area contributed by atoms with E-state index in [1.807, 2.05) is 11.3 Å². The van der Waals surface area contributed by atoms with E-state index in [9.17, 15) is 0 Å². The quantitative estimate of drug-likeness (QED) is 0.757. The summed E-state index contributed by atoms with van der Waals surface area (Å²) in [6.45, 7) is 13.6. The first-order chi connectivity index (χ1) is 10.1. The highest BCUT2D eigenvalue weighted by Gasteiger charge is 2.24. The van der Waals surface area contributed by atoms with Crippen LogP contribution in [0.1, 0.15) is 61.8 Å². The molecule has 2 rings (SSSR count). The molecule has 0 aromatic carbocycles. The average molecular weight is 309 g/mol. The van der Waals surface area contributed by atoms with E-state index in [1.54, 1.807) is 5.56 Å². The standard InChI is InChI=1S/C18H32N2S/c1-5-19-11-18-10-16(15(4)21-18)13-20(12-14(2)3)17-8-6-7-9-17/h10,14,17,19H,5-9,11-13H2,1-4H3. The second kappa shape index (κ2) is 8.30. The van der Waals surface area contributed by atoms with Gasteiger partial charge in [0.05, 0.1) is 0 Å². The molecule has 1 fully saturated rings. The molecule has 120 valence electrons. The molecule has 0 aliphatic heterocycles. The predicted octanol–water partition coefficient (Wildman–Crippen LogP) is 4.57. The maximum Gasteiger partial charge on any atom is 0.0299 e. The van der Waals surface area contributed by atoms with Crippen molar-refractivity contribution >= 4 is 11.3 Å². The minimum Gasteiger partial charge on any atom is -0.312 e. The largest absolute Gasteiger partial charge is 0.312 e. The zero-order chi connectivity index (χ0) is 15.2. The number of thiophene rings is 1. The molecule has 0 atom stereocenters. The Kier molecular flexibility index (Phi) is 6.72. The van der Waals surface area contributed by atoms with Gasteiger partial charge in [-0.25, -0.2) is 0 Å². The molecule has 0 spiro atoms. The Balaban J connectivity index is 2.02. The Bertz CT molecular complexity index is 419. The summed E-state index contributed by atoms with van der Waals surface area (Å²) < 4.78 is 0. The fourth-order valence-corrected chi connectivity index (χ4v) is 4.40. The molecule has 1 heterocycles. The van der Waals surface area contributed by atoms with E-state index in [2.05, 4.69) is 44.0 Å². The second-order valence-electron chi connectivity index (χ2n) is 6.84. The van der Waals surface area contributed by atoms with Crippen LogP contribution in [-0.4, -0.2) is 24.0 Å². The Morgan fingerprint density at radius 1 is 1.33 bits per heavy atom. The van der Waals surface area contributed by atoms with E-state index in [0.717, 1.165) is 31.6 Å². The Labute approximate surface area is 134 Å². The SMILES string of the molecule is CCNCc1cc(CN(CC(C)C)C2CCCC2)c(C)s1. The molecule has 0 bridgehead atoms. The van der Waals surface area contributed by atoms with E-state index < -0.39 is 0 Å². The lowest BCUT2D eigenvalue weighted by Gasteiger charge is -2.30. The van der Waals surface area contributed by atoms with E-state index >= 15 is 0 Å². The summed E-state index contributed by atoms with van der Waals surface area (Å²) in [5.74, 6) is 0.755. The topological polar surface area (TPSA) is 15.3 Å². The first kappa shape index (κ1) is 17.0. The van der Waals surface area contributed by atoms with Crippen LogP contribution in [-0.2, 0) is 13.1 Å². The predicted molar refractivity (Wildman–Crippen MR) is 93.9 cm³/mol. The van der Waals surface area contributed by atoms with Crippen LogP contribution in [0.25, 0.3) is 0 Å². The Hall–Kier alpha value is -0.380. The minimum atomic E-state index is 0.755.